The van der Waals surface area contributed by atoms with Crippen molar-refractivity contribution in [2.75, 3.05) is 17.6 Å². The van der Waals surface area contributed by atoms with Gasteiger partial charge in [0.1, 0.15) is 12.0 Å². The van der Waals surface area contributed by atoms with Gasteiger partial charge in [-0.2, -0.15) is 4.31 Å². The Hall–Kier alpha value is -1.96. The zero-order valence-corrected chi connectivity index (χ0v) is 15.9. The van der Waals surface area contributed by atoms with E-state index in [2.05, 4.69) is 4.98 Å². The molecule has 0 saturated heterocycles. The van der Waals surface area contributed by atoms with Gasteiger partial charge in [-0.1, -0.05) is 11.6 Å². The second-order valence-corrected chi connectivity index (χ2v) is 7.35. The number of aromatic nitrogens is 1. The average molecular weight is 383 g/mol. The molecule has 1 N–H and O–H groups in total. The Morgan fingerprint density at radius 1 is 1.40 bits per heavy atom. The predicted molar refractivity (Wildman–Crippen MR) is 99.6 cm³/mol. The van der Waals surface area contributed by atoms with E-state index in [0.717, 1.165) is 11.1 Å². The summed E-state index contributed by atoms with van der Waals surface area (Å²) in [5, 5.41) is 9.57. The van der Waals surface area contributed by atoms with E-state index in [1.165, 1.54) is 6.92 Å². The average Bonchev–Trinajstić information content (AvgIpc) is 2.55. The highest BCUT2D eigenvalue weighted by molar-refractivity contribution is 7.92. The number of hydrogen-bond donors (Lipinski definition) is 1. The van der Waals surface area contributed by atoms with Crippen molar-refractivity contribution in [3.8, 4) is 16.9 Å². The van der Waals surface area contributed by atoms with Crippen LogP contribution in [0.4, 0.5) is 5.82 Å². The van der Waals surface area contributed by atoms with Crippen LogP contribution in [0.3, 0.4) is 0 Å². The van der Waals surface area contributed by atoms with Crippen LogP contribution >= 0.6 is 11.6 Å². The van der Waals surface area contributed by atoms with Crippen LogP contribution in [0.2, 0.25) is 5.02 Å². The van der Waals surface area contributed by atoms with Gasteiger partial charge in [0.25, 0.3) is 0 Å². The number of ether oxygens (including phenoxy) is 1. The second-order valence-electron chi connectivity index (χ2n) is 5.52. The summed E-state index contributed by atoms with van der Waals surface area (Å²) in [4.78, 5) is 15.4. The SMILES string of the molecule is Cc1cc(N(C)[S+](C)[O-])ncc1-c1cc(Cl)ccc1O[C@@H](C)C(=O)O. The topological polar surface area (TPSA) is 85.7 Å². The quantitative estimate of drug-likeness (QED) is 0.771. The van der Waals surface area contributed by atoms with Gasteiger partial charge in [0.15, 0.2) is 11.9 Å². The van der Waals surface area contributed by atoms with E-state index in [4.69, 9.17) is 21.4 Å². The molecule has 0 aliphatic carbocycles. The third kappa shape index (κ3) is 4.56. The lowest BCUT2D eigenvalue weighted by Gasteiger charge is -2.20. The van der Waals surface area contributed by atoms with Gasteiger partial charge < -0.3 is 14.4 Å². The maximum atomic E-state index is 11.6. The summed E-state index contributed by atoms with van der Waals surface area (Å²) >= 11 is 4.92. The molecule has 0 saturated carbocycles. The van der Waals surface area contributed by atoms with Gasteiger partial charge in [0.2, 0.25) is 0 Å². The molecule has 0 bridgehead atoms. The van der Waals surface area contributed by atoms with Crippen molar-refractivity contribution in [2.45, 2.75) is 20.0 Å². The van der Waals surface area contributed by atoms with E-state index in [0.29, 0.717) is 22.2 Å². The lowest BCUT2D eigenvalue weighted by Crippen LogP contribution is -2.25. The highest BCUT2D eigenvalue weighted by Crippen LogP contribution is 2.35. The first kappa shape index (κ1) is 19.4. The fourth-order valence-electron chi connectivity index (χ4n) is 2.18. The second kappa shape index (κ2) is 7.95. The molecule has 25 heavy (non-hydrogen) atoms. The highest BCUT2D eigenvalue weighted by atomic mass is 35.5. The summed E-state index contributed by atoms with van der Waals surface area (Å²) in [7, 11) is 1.69. The van der Waals surface area contributed by atoms with Crippen molar-refractivity contribution in [3.05, 3.63) is 41.0 Å². The highest BCUT2D eigenvalue weighted by Gasteiger charge is 2.19. The van der Waals surface area contributed by atoms with Gasteiger partial charge in [-0.3, -0.25) is 0 Å². The maximum absolute atomic E-state index is 11.6. The number of halogens is 1. The summed E-state index contributed by atoms with van der Waals surface area (Å²) < 4.78 is 18.7. The van der Waals surface area contributed by atoms with Gasteiger partial charge in [0, 0.05) is 22.3 Å². The Bertz CT molecular complexity index is 785. The lowest BCUT2D eigenvalue weighted by atomic mass is 10.0. The number of carboxylic acids is 1. The predicted octanol–water partition coefficient (Wildman–Crippen LogP) is 3.29. The first-order chi connectivity index (χ1) is 11.7. The van der Waals surface area contributed by atoms with Gasteiger partial charge in [-0.05, 0) is 43.7 Å². The Morgan fingerprint density at radius 3 is 2.64 bits per heavy atom. The number of carbonyl (C=O) groups is 1. The van der Waals surface area contributed by atoms with Crippen molar-refractivity contribution in [1.82, 2.24) is 4.98 Å². The molecule has 6 nitrogen and oxygen atoms in total. The van der Waals surface area contributed by atoms with Gasteiger partial charge in [0.05, 0.1) is 18.4 Å². The van der Waals surface area contributed by atoms with Crippen LogP contribution < -0.4 is 9.04 Å². The Kier molecular flexibility index (Phi) is 6.16. The van der Waals surface area contributed by atoms with Crippen LogP contribution in [0.25, 0.3) is 11.1 Å². The third-order valence-electron chi connectivity index (χ3n) is 3.69. The number of rotatable bonds is 6. The molecule has 1 heterocycles. The number of hydrogen-bond acceptors (Lipinski definition) is 5. The first-order valence-corrected chi connectivity index (χ1v) is 9.33. The fraction of sp³-hybridized carbons (Fsp3) is 0.294. The molecule has 1 aromatic heterocycles. The molecule has 0 spiro atoms. The zero-order valence-electron chi connectivity index (χ0n) is 14.3. The standard InChI is InChI=1S/C17H19ClN2O4S/c1-10-7-16(20(3)25(4)23)19-9-14(10)13-8-12(18)5-6-15(13)24-11(2)17(21)22/h5-9,11H,1-4H3,(H,21,22)/t11-,25?/m0/s1. The third-order valence-corrected chi connectivity index (χ3v) is 4.88. The molecular formula is C17H19ClN2O4S. The molecule has 1 aromatic carbocycles. The number of aliphatic carboxylic acids is 1. The number of pyridine rings is 1. The Morgan fingerprint density at radius 2 is 2.08 bits per heavy atom. The maximum Gasteiger partial charge on any atom is 0.344 e. The number of benzene rings is 1. The van der Waals surface area contributed by atoms with Crippen molar-refractivity contribution in [1.29, 1.82) is 0 Å². The normalized spacial score (nSPS) is 13.2. The Labute approximate surface area is 154 Å². The number of nitrogens with zero attached hydrogens (tertiary/aromatic N) is 2. The molecule has 2 aromatic rings. The zero-order chi connectivity index (χ0) is 18.7. The van der Waals surface area contributed by atoms with E-state index in [-0.39, 0.29) is 0 Å². The molecule has 0 fully saturated rings. The van der Waals surface area contributed by atoms with Crippen LogP contribution in [0.1, 0.15) is 12.5 Å². The monoisotopic (exact) mass is 382 g/mol. The molecule has 2 atom stereocenters. The summed E-state index contributed by atoms with van der Waals surface area (Å²) in [5.74, 6) is -0.0759. The van der Waals surface area contributed by atoms with Gasteiger partial charge >= 0.3 is 5.97 Å². The lowest BCUT2D eigenvalue weighted by molar-refractivity contribution is -0.144. The molecule has 0 radical (unpaired) electrons. The van der Waals surface area contributed by atoms with Gasteiger partial charge in [-0.15, -0.1) is 0 Å². The summed E-state index contributed by atoms with van der Waals surface area (Å²) in [5.41, 5.74) is 2.28. The van der Waals surface area contributed by atoms with Crippen LogP contribution in [0.15, 0.2) is 30.5 Å². The van der Waals surface area contributed by atoms with Crippen molar-refractivity contribution >= 4 is 34.8 Å². The van der Waals surface area contributed by atoms with E-state index in [1.54, 1.807) is 42.0 Å². The van der Waals surface area contributed by atoms with Crippen molar-refractivity contribution in [3.63, 3.8) is 0 Å². The van der Waals surface area contributed by atoms with E-state index in [9.17, 15) is 9.35 Å². The minimum atomic E-state index is -1.18. The number of anilines is 1. The van der Waals surface area contributed by atoms with Gasteiger partial charge in [-0.25, -0.2) is 9.78 Å². The van der Waals surface area contributed by atoms with E-state index in [1.807, 2.05) is 13.0 Å². The van der Waals surface area contributed by atoms with Crippen LogP contribution in [0, 0.1) is 6.92 Å². The summed E-state index contributed by atoms with van der Waals surface area (Å²) in [6, 6.07) is 6.79. The largest absolute Gasteiger partial charge is 0.593 e. The molecule has 0 aliphatic heterocycles. The molecule has 0 aliphatic rings. The van der Waals surface area contributed by atoms with E-state index < -0.39 is 23.4 Å². The number of aryl methyl sites for hydroxylation is 1. The smallest absolute Gasteiger partial charge is 0.344 e. The van der Waals surface area contributed by atoms with E-state index >= 15 is 0 Å². The van der Waals surface area contributed by atoms with Crippen LogP contribution in [-0.2, 0) is 16.2 Å². The Balaban J connectivity index is 2.47. The molecule has 2 rings (SSSR count). The minimum Gasteiger partial charge on any atom is -0.593 e. The summed E-state index contributed by atoms with van der Waals surface area (Å²) in [6.45, 7) is 3.35. The molecular weight excluding hydrogens is 364 g/mol. The molecule has 8 heteroatoms. The molecule has 1 unspecified atom stereocenters. The molecule has 134 valence electrons. The minimum absolute atomic E-state index is 0.407. The number of carboxylic acid groups (broad SMARTS) is 1. The van der Waals surface area contributed by atoms with Crippen molar-refractivity contribution < 1.29 is 19.2 Å². The summed E-state index contributed by atoms with van der Waals surface area (Å²) in [6.07, 6.45) is 2.21. The van der Waals surface area contributed by atoms with Crippen molar-refractivity contribution in [2.24, 2.45) is 0 Å². The molecule has 0 amide bonds. The van der Waals surface area contributed by atoms with Crippen LogP contribution in [0.5, 0.6) is 5.75 Å². The van der Waals surface area contributed by atoms with Crippen LogP contribution in [-0.4, -0.2) is 40.0 Å². The first-order valence-electron chi connectivity index (χ1n) is 7.44. The fourth-order valence-corrected chi connectivity index (χ4v) is 2.72.